The standard InChI is InChI=1S/C17H20ClN3O2/c1-16(2)15(23-16)11-3-6-13(14(18)7-11)17(22,12-4-5-12)8-21-10-19-9-20-21/h3,6-7,9-10,12,15,22H,4-5,8H2,1-2H3. The Labute approximate surface area is 140 Å². The third-order valence-corrected chi connectivity index (χ3v) is 5.19. The molecule has 1 saturated carbocycles. The molecule has 4 rings (SSSR count). The maximum Gasteiger partial charge on any atom is 0.137 e. The van der Waals surface area contributed by atoms with Gasteiger partial charge in [0.2, 0.25) is 0 Å². The first-order chi connectivity index (χ1) is 10.9. The van der Waals surface area contributed by atoms with Gasteiger partial charge in [-0.2, -0.15) is 5.10 Å². The molecule has 2 unspecified atom stereocenters. The van der Waals surface area contributed by atoms with Crippen LogP contribution in [0.2, 0.25) is 5.02 Å². The summed E-state index contributed by atoms with van der Waals surface area (Å²) in [5, 5.41) is 16.0. The average molecular weight is 334 g/mol. The Balaban J connectivity index is 1.66. The van der Waals surface area contributed by atoms with Crippen LogP contribution in [0.3, 0.4) is 0 Å². The highest BCUT2D eigenvalue weighted by atomic mass is 35.5. The van der Waals surface area contributed by atoms with Crippen molar-refractivity contribution in [3.63, 3.8) is 0 Å². The lowest BCUT2D eigenvalue weighted by atomic mass is 9.87. The number of nitrogens with zero attached hydrogens (tertiary/aromatic N) is 3. The van der Waals surface area contributed by atoms with Crippen molar-refractivity contribution in [2.75, 3.05) is 0 Å². The Morgan fingerprint density at radius 2 is 2.17 bits per heavy atom. The van der Waals surface area contributed by atoms with Crippen molar-refractivity contribution >= 4 is 11.6 Å². The van der Waals surface area contributed by atoms with Gasteiger partial charge in [0.15, 0.2) is 0 Å². The third kappa shape index (κ3) is 2.67. The van der Waals surface area contributed by atoms with E-state index in [-0.39, 0.29) is 17.6 Å². The molecule has 1 saturated heterocycles. The van der Waals surface area contributed by atoms with Crippen molar-refractivity contribution in [3.8, 4) is 0 Å². The fourth-order valence-electron chi connectivity index (χ4n) is 3.34. The molecule has 1 aliphatic heterocycles. The Hall–Kier alpha value is -1.43. The van der Waals surface area contributed by atoms with Crippen LogP contribution in [0.1, 0.15) is 43.9 Å². The Bertz CT molecular complexity index is 727. The van der Waals surface area contributed by atoms with E-state index in [1.54, 1.807) is 11.0 Å². The monoisotopic (exact) mass is 333 g/mol. The normalized spacial score (nSPS) is 25.1. The molecule has 122 valence electrons. The summed E-state index contributed by atoms with van der Waals surface area (Å²) >= 11 is 6.53. The molecule has 0 bridgehead atoms. The molecular formula is C17H20ClN3O2. The fourth-order valence-corrected chi connectivity index (χ4v) is 3.69. The minimum atomic E-state index is -1.01. The van der Waals surface area contributed by atoms with Gasteiger partial charge in [-0.3, -0.25) is 0 Å². The van der Waals surface area contributed by atoms with E-state index < -0.39 is 5.60 Å². The summed E-state index contributed by atoms with van der Waals surface area (Å²) < 4.78 is 7.33. The van der Waals surface area contributed by atoms with Gasteiger partial charge in [-0.15, -0.1) is 0 Å². The van der Waals surface area contributed by atoms with Crippen LogP contribution >= 0.6 is 11.6 Å². The van der Waals surface area contributed by atoms with E-state index in [2.05, 4.69) is 23.9 Å². The average Bonchev–Trinajstić information content (AvgIpc) is 3.39. The van der Waals surface area contributed by atoms with Crippen molar-refractivity contribution in [3.05, 3.63) is 47.0 Å². The number of benzene rings is 1. The Morgan fingerprint density at radius 3 is 2.70 bits per heavy atom. The Morgan fingerprint density at radius 1 is 1.43 bits per heavy atom. The highest BCUT2D eigenvalue weighted by molar-refractivity contribution is 6.31. The molecule has 0 amide bonds. The Kier molecular flexibility index (Phi) is 3.31. The van der Waals surface area contributed by atoms with E-state index in [1.807, 2.05) is 18.2 Å². The first-order valence-corrected chi connectivity index (χ1v) is 8.30. The SMILES string of the molecule is CC1(C)OC1c1ccc(C(O)(Cn2cncn2)C2CC2)c(Cl)c1. The van der Waals surface area contributed by atoms with Gasteiger partial charge in [0, 0.05) is 10.6 Å². The van der Waals surface area contributed by atoms with Crippen molar-refractivity contribution in [1.29, 1.82) is 0 Å². The number of aliphatic hydroxyl groups is 1. The molecule has 23 heavy (non-hydrogen) atoms. The summed E-state index contributed by atoms with van der Waals surface area (Å²) in [7, 11) is 0. The van der Waals surface area contributed by atoms with Gasteiger partial charge < -0.3 is 9.84 Å². The van der Waals surface area contributed by atoms with Crippen LogP contribution in [0.25, 0.3) is 0 Å². The van der Waals surface area contributed by atoms with E-state index in [1.165, 1.54) is 6.33 Å². The molecule has 2 atom stereocenters. The number of epoxide rings is 1. The molecule has 6 heteroatoms. The van der Waals surface area contributed by atoms with E-state index in [0.717, 1.165) is 24.0 Å². The zero-order valence-electron chi connectivity index (χ0n) is 13.2. The minimum Gasteiger partial charge on any atom is -0.383 e. The summed E-state index contributed by atoms with van der Waals surface area (Å²) in [6.45, 7) is 4.48. The van der Waals surface area contributed by atoms with Gasteiger partial charge in [0.05, 0.1) is 12.1 Å². The van der Waals surface area contributed by atoms with E-state index in [0.29, 0.717) is 11.6 Å². The number of hydrogen-bond acceptors (Lipinski definition) is 4. The molecule has 2 aliphatic rings. The van der Waals surface area contributed by atoms with Crippen molar-refractivity contribution in [2.45, 2.75) is 50.5 Å². The van der Waals surface area contributed by atoms with Crippen molar-refractivity contribution in [2.24, 2.45) is 5.92 Å². The second-order valence-electron chi connectivity index (χ2n) is 7.13. The molecule has 0 spiro atoms. The molecule has 1 aromatic heterocycles. The lowest BCUT2D eigenvalue weighted by molar-refractivity contribution is -0.00768. The van der Waals surface area contributed by atoms with Crippen molar-refractivity contribution < 1.29 is 9.84 Å². The molecule has 0 radical (unpaired) electrons. The van der Waals surface area contributed by atoms with Gasteiger partial charge in [-0.1, -0.05) is 23.7 Å². The summed E-state index contributed by atoms with van der Waals surface area (Å²) in [4.78, 5) is 3.95. The topological polar surface area (TPSA) is 63.5 Å². The number of ether oxygens (including phenoxy) is 1. The zero-order chi connectivity index (χ0) is 16.2. The molecule has 1 aliphatic carbocycles. The number of rotatable bonds is 5. The summed E-state index contributed by atoms with van der Waals surface area (Å²) in [6, 6.07) is 5.87. The third-order valence-electron chi connectivity index (χ3n) is 4.88. The van der Waals surface area contributed by atoms with Crippen LogP contribution in [-0.2, 0) is 16.9 Å². The summed E-state index contributed by atoms with van der Waals surface area (Å²) in [5.74, 6) is 0.212. The van der Waals surface area contributed by atoms with Crippen LogP contribution < -0.4 is 0 Å². The molecule has 1 N–H and O–H groups in total. The van der Waals surface area contributed by atoms with Gasteiger partial charge in [-0.05, 0) is 44.2 Å². The van der Waals surface area contributed by atoms with E-state index in [9.17, 15) is 5.11 Å². The van der Waals surface area contributed by atoms with Crippen molar-refractivity contribution in [1.82, 2.24) is 14.8 Å². The van der Waals surface area contributed by atoms with Gasteiger partial charge in [-0.25, -0.2) is 9.67 Å². The number of aromatic nitrogens is 3. The smallest absolute Gasteiger partial charge is 0.137 e. The second-order valence-corrected chi connectivity index (χ2v) is 7.54. The van der Waals surface area contributed by atoms with E-state index >= 15 is 0 Å². The van der Waals surface area contributed by atoms with Crippen LogP contribution in [0.15, 0.2) is 30.9 Å². The first kappa shape index (κ1) is 15.1. The second kappa shape index (κ2) is 5.03. The molecular weight excluding hydrogens is 314 g/mol. The quantitative estimate of drug-likeness (QED) is 0.854. The van der Waals surface area contributed by atoms with Gasteiger partial charge in [0.1, 0.15) is 24.4 Å². The van der Waals surface area contributed by atoms with Crippen LogP contribution in [0.4, 0.5) is 0 Å². The molecule has 5 nitrogen and oxygen atoms in total. The lowest BCUT2D eigenvalue weighted by Gasteiger charge is -2.29. The maximum atomic E-state index is 11.3. The van der Waals surface area contributed by atoms with Gasteiger partial charge in [0.25, 0.3) is 0 Å². The highest BCUT2D eigenvalue weighted by Crippen LogP contribution is 2.52. The predicted octanol–water partition coefficient (Wildman–Crippen LogP) is 3.08. The first-order valence-electron chi connectivity index (χ1n) is 7.93. The molecule has 1 aromatic carbocycles. The molecule has 2 fully saturated rings. The van der Waals surface area contributed by atoms with Crippen LogP contribution in [0.5, 0.6) is 0 Å². The fraction of sp³-hybridized carbons (Fsp3) is 0.529. The van der Waals surface area contributed by atoms with Gasteiger partial charge >= 0.3 is 0 Å². The minimum absolute atomic E-state index is 0.0818. The number of hydrogen-bond donors (Lipinski definition) is 1. The predicted molar refractivity (Wildman–Crippen MR) is 86.0 cm³/mol. The van der Waals surface area contributed by atoms with Crippen LogP contribution in [-0.4, -0.2) is 25.5 Å². The molecule has 2 heterocycles. The van der Waals surface area contributed by atoms with E-state index in [4.69, 9.17) is 16.3 Å². The maximum absolute atomic E-state index is 11.3. The summed E-state index contributed by atoms with van der Waals surface area (Å²) in [5.41, 5.74) is 0.684. The largest absolute Gasteiger partial charge is 0.383 e. The lowest BCUT2D eigenvalue weighted by Crippen LogP contribution is -2.34. The summed E-state index contributed by atoms with van der Waals surface area (Å²) in [6.07, 6.45) is 5.18. The zero-order valence-corrected chi connectivity index (χ0v) is 14.0. The molecule has 2 aromatic rings. The highest BCUT2D eigenvalue weighted by Gasteiger charge is 2.50. The van der Waals surface area contributed by atoms with Crippen LogP contribution in [0, 0.1) is 5.92 Å². The number of halogens is 1.